The normalized spacial score (nSPS) is 10.7. The zero-order chi connectivity index (χ0) is 14.1. The smallest absolute Gasteiger partial charge is 0.334 e. The minimum atomic E-state index is -0.404. The van der Waals surface area contributed by atoms with Gasteiger partial charge in [0.15, 0.2) is 5.88 Å². The molecule has 6 heteroatoms. The van der Waals surface area contributed by atoms with Crippen molar-refractivity contribution in [2.24, 2.45) is 0 Å². The van der Waals surface area contributed by atoms with Crippen molar-refractivity contribution < 1.29 is 9.53 Å². The SMILES string of the molecule is COc1cc2nc(C(=O)c3ccccc3)cn2c(=O)[nH]1. The number of imidazole rings is 1. The summed E-state index contributed by atoms with van der Waals surface area (Å²) >= 11 is 0. The van der Waals surface area contributed by atoms with Gasteiger partial charge in [-0.2, -0.15) is 0 Å². The molecule has 0 spiro atoms. The molecular weight excluding hydrogens is 258 g/mol. The molecule has 3 aromatic rings. The van der Waals surface area contributed by atoms with E-state index in [0.717, 1.165) is 0 Å². The first-order valence-electron chi connectivity index (χ1n) is 5.95. The number of hydrogen-bond donors (Lipinski definition) is 1. The summed E-state index contributed by atoms with van der Waals surface area (Å²) in [5.41, 5.74) is 0.707. The number of fused-ring (bicyclic) bond motifs is 1. The molecule has 0 atom stereocenters. The Kier molecular flexibility index (Phi) is 2.83. The van der Waals surface area contributed by atoms with Crippen molar-refractivity contribution in [1.82, 2.24) is 14.4 Å². The minimum absolute atomic E-state index is 0.218. The first-order valence-corrected chi connectivity index (χ1v) is 5.95. The Balaban J connectivity index is 2.12. The predicted octanol–water partition coefficient (Wildman–Crippen LogP) is 1.26. The number of ether oxygens (including phenoxy) is 1. The van der Waals surface area contributed by atoms with Crippen molar-refractivity contribution >= 4 is 11.4 Å². The van der Waals surface area contributed by atoms with E-state index in [9.17, 15) is 9.59 Å². The number of rotatable bonds is 3. The maximum Gasteiger partial charge on any atom is 0.334 e. The van der Waals surface area contributed by atoms with E-state index in [2.05, 4.69) is 9.97 Å². The molecule has 3 rings (SSSR count). The first-order chi connectivity index (χ1) is 9.69. The zero-order valence-electron chi connectivity index (χ0n) is 10.7. The molecule has 1 aromatic carbocycles. The average molecular weight is 269 g/mol. The molecule has 0 fully saturated rings. The summed E-state index contributed by atoms with van der Waals surface area (Å²) in [6.07, 6.45) is 1.42. The van der Waals surface area contributed by atoms with Crippen LogP contribution in [0.15, 0.2) is 47.4 Å². The molecule has 0 aliphatic rings. The molecule has 0 aliphatic heterocycles. The van der Waals surface area contributed by atoms with Gasteiger partial charge in [0.1, 0.15) is 11.3 Å². The lowest BCUT2D eigenvalue weighted by Crippen LogP contribution is -2.15. The Labute approximate surface area is 113 Å². The predicted molar refractivity (Wildman–Crippen MR) is 72.2 cm³/mol. The van der Waals surface area contributed by atoms with Crippen molar-refractivity contribution in [3.8, 4) is 5.88 Å². The van der Waals surface area contributed by atoms with Gasteiger partial charge >= 0.3 is 5.69 Å². The fraction of sp³-hybridized carbons (Fsp3) is 0.0714. The third-order valence-electron chi connectivity index (χ3n) is 2.93. The van der Waals surface area contributed by atoms with E-state index in [4.69, 9.17) is 4.74 Å². The Hall–Kier alpha value is -2.89. The summed E-state index contributed by atoms with van der Waals surface area (Å²) in [7, 11) is 1.45. The van der Waals surface area contributed by atoms with Gasteiger partial charge in [-0.3, -0.25) is 14.2 Å². The quantitative estimate of drug-likeness (QED) is 0.726. The number of methoxy groups -OCH3 is 1. The number of aromatic amines is 1. The molecule has 0 radical (unpaired) electrons. The Morgan fingerprint density at radius 2 is 2.05 bits per heavy atom. The monoisotopic (exact) mass is 269 g/mol. The van der Waals surface area contributed by atoms with Gasteiger partial charge in [-0.05, 0) is 0 Å². The van der Waals surface area contributed by atoms with Gasteiger partial charge in [-0.1, -0.05) is 30.3 Å². The lowest BCUT2D eigenvalue weighted by atomic mass is 10.1. The lowest BCUT2D eigenvalue weighted by molar-refractivity contribution is 0.103. The van der Waals surface area contributed by atoms with E-state index in [1.807, 2.05) is 6.07 Å². The molecule has 0 saturated carbocycles. The zero-order valence-corrected chi connectivity index (χ0v) is 10.7. The van der Waals surface area contributed by atoms with Crippen LogP contribution in [0.2, 0.25) is 0 Å². The molecule has 0 bridgehead atoms. The summed E-state index contributed by atoms with van der Waals surface area (Å²) in [6, 6.07) is 10.4. The molecule has 1 N–H and O–H groups in total. The highest BCUT2D eigenvalue weighted by Crippen LogP contribution is 2.12. The molecule has 0 aliphatic carbocycles. The van der Waals surface area contributed by atoms with Crippen LogP contribution in [0.1, 0.15) is 16.1 Å². The third-order valence-corrected chi connectivity index (χ3v) is 2.93. The number of nitrogens with zero attached hydrogens (tertiary/aromatic N) is 2. The van der Waals surface area contributed by atoms with Crippen molar-refractivity contribution in [2.45, 2.75) is 0 Å². The van der Waals surface area contributed by atoms with Crippen LogP contribution in [0.4, 0.5) is 0 Å². The molecule has 20 heavy (non-hydrogen) atoms. The van der Waals surface area contributed by atoms with E-state index < -0.39 is 5.69 Å². The molecule has 6 nitrogen and oxygen atoms in total. The largest absolute Gasteiger partial charge is 0.482 e. The van der Waals surface area contributed by atoms with Gasteiger partial charge in [0.2, 0.25) is 5.78 Å². The van der Waals surface area contributed by atoms with Crippen LogP contribution in [0.3, 0.4) is 0 Å². The Bertz CT molecular complexity index is 834. The van der Waals surface area contributed by atoms with Crippen LogP contribution in [0.5, 0.6) is 5.88 Å². The van der Waals surface area contributed by atoms with E-state index in [0.29, 0.717) is 17.1 Å². The van der Waals surface area contributed by atoms with E-state index in [-0.39, 0.29) is 11.5 Å². The Morgan fingerprint density at radius 1 is 1.30 bits per heavy atom. The second-order valence-electron chi connectivity index (χ2n) is 4.19. The fourth-order valence-electron chi connectivity index (χ4n) is 1.93. The number of H-pyrrole nitrogens is 1. The number of hydrogen-bond acceptors (Lipinski definition) is 4. The van der Waals surface area contributed by atoms with Gasteiger partial charge in [0, 0.05) is 17.8 Å². The van der Waals surface area contributed by atoms with E-state index in [1.165, 1.54) is 17.7 Å². The minimum Gasteiger partial charge on any atom is -0.482 e. The molecule has 100 valence electrons. The van der Waals surface area contributed by atoms with Gasteiger partial charge in [-0.15, -0.1) is 0 Å². The van der Waals surface area contributed by atoms with Crippen molar-refractivity contribution in [1.29, 1.82) is 0 Å². The molecular formula is C14H11N3O3. The second-order valence-corrected chi connectivity index (χ2v) is 4.19. The van der Waals surface area contributed by atoms with Crippen LogP contribution in [-0.4, -0.2) is 27.3 Å². The number of carbonyl (C=O) groups excluding carboxylic acids is 1. The van der Waals surface area contributed by atoms with Crippen molar-refractivity contribution in [3.63, 3.8) is 0 Å². The maximum atomic E-state index is 12.3. The Morgan fingerprint density at radius 3 is 2.75 bits per heavy atom. The number of benzene rings is 1. The topological polar surface area (TPSA) is 76.5 Å². The van der Waals surface area contributed by atoms with Gasteiger partial charge in [0.05, 0.1) is 7.11 Å². The van der Waals surface area contributed by atoms with Gasteiger partial charge < -0.3 is 4.74 Å². The summed E-state index contributed by atoms with van der Waals surface area (Å²) < 4.78 is 6.24. The van der Waals surface area contributed by atoms with Crippen molar-refractivity contribution in [3.05, 3.63) is 64.3 Å². The first kappa shape index (κ1) is 12.2. The highest BCUT2D eigenvalue weighted by atomic mass is 16.5. The molecule has 0 amide bonds. The van der Waals surface area contributed by atoms with Crippen molar-refractivity contribution in [2.75, 3.05) is 7.11 Å². The molecule has 0 unspecified atom stereocenters. The highest BCUT2D eigenvalue weighted by Gasteiger charge is 2.14. The molecule has 2 aromatic heterocycles. The third kappa shape index (κ3) is 1.97. The molecule has 0 saturated heterocycles. The van der Waals surface area contributed by atoms with E-state index in [1.54, 1.807) is 30.3 Å². The second kappa shape index (κ2) is 4.65. The van der Waals surface area contributed by atoms with Gasteiger partial charge in [0.25, 0.3) is 0 Å². The lowest BCUT2D eigenvalue weighted by Gasteiger charge is -1.98. The number of carbonyl (C=O) groups is 1. The molecule has 2 heterocycles. The summed E-state index contributed by atoms with van der Waals surface area (Å²) in [6.45, 7) is 0. The van der Waals surface area contributed by atoms with E-state index >= 15 is 0 Å². The standard InChI is InChI=1S/C14H11N3O3/c1-20-12-7-11-15-10(8-17(11)14(19)16-12)13(18)9-5-3-2-4-6-9/h2-8H,1H3,(H,16,19). The summed E-state index contributed by atoms with van der Waals surface area (Å²) in [5.74, 6) is 0.0690. The highest BCUT2D eigenvalue weighted by molar-refractivity contribution is 6.07. The van der Waals surface area contributed by atoms with Crippen LogP contribution in [0, 0.1) is 0 Å². The van der Waals surface area contributed by atoms with Crippen LogP contribution >= 0.6 is 0 Å². The number of ketones is 1. The average Bonchev–Trinajstić information content (AvgIpc) is 2.92. The number of aromatic nitrogens is 3. The summed E-state index contributed by atoms with van der Waals surface area (Å²) in [4.78, 5) is 30.8. The fourth-order valence-corrected chi connectivity index (χ4v) is 1.93. The number of nitrogens with one attached hydrogen (secondary N) is 1. The summed E-state index contributed by atoms with van der Waals surface area (Å²) in [5, 5.41) is 0. The van der Waals surface area contributed by atoms with Crippen LogP contribution in [0.25, 0.3) is 5.65 Å². The maximum absolute atomic E-state index is 12.3. The van der Waals surface area contributed by atoms with Gasteiger partial charge in [-0.25, -0.2) is 9.78 Å². The van der Waals surface area contributed by atoms with Crippen LogP contribution in [-0.2, 0) is 0 Å². The van der Waals surface area contributed by atoms with Crippen LogP contribution < -0.4 is 10.4 Å².